The first kappa shape index (κ1) is 22.2. The Morgan fingerprint density at radius 1 is 1.13 bits per heavy atom. The first-order chi connectivity index (χ1) is 14.9. The van der Waals surface area contributed by atoms with E-state index in [1.807, 2.05) is 22.9 Å². The van der Waals surface area contributed by atoms with Gasteiger partial charge in [-0.3, -0.25) is 9.59 Å². The normalized spacial score (nSPS) is 25.3. The predicted molar refractivity (Wildman–Crippen MR) is 114 cm³/mol. The Balaban J connectivity index is 1.48. The van der Waals surface area contributed by atoms with Crippen molar-refractivity contribution in [2.24, 2.45) is 0 Å². The van der Waals surface area contributed by atoms with Crippen molar-refractivity contribution in [3.8, 4) is 0 Å². The fourth-order valence-corrected chi connectivity index (χ4v) is 5.49. The van der Waals surface area contributed by atoms with Crippen molar-refractivity contribution in [1.29, 1.82) is 0 Å². The van der Waals surface area contributed by atoms with Gasteiger partial charge in [0, 0.05) is 52.9 Å². The molecule has 3 aliphatic heterocycles. The van der Waals surface area contributed by atoms with E-state index >= 15 is 0 Å². The van der Waals surface area contributed by atoms with E-state index in [1.54, 1.807) is 13.0 Å². The number of nitrogens with zero attached hydrogens (tertiary/aromatic N) is 2. The maximum Gasteiger partial charge on any atom is 0.233 e. The summed E-state index contributed by atoms with van der Waals surface area (Å²) in [6, 6.07) is 6.65. The second kappa shape index (κ2) is 8.87. The Bertz CT molecular complexity index is 816. The molecule has 1 aromatic carbocycles. The summed E-state index contributed by atoms with van der Waals surface area (Å²) >= 11 is 0. The Labute approximate surface area is 183 Å². The van der Waals surface area contributed by atoms with Crippen LogP contribution in [0.3, 0.4) is 0 Å². The molecule has 1 aromatic rings. The fourth-order valence-electron chi connectivity index (χ4n) is 5.49. The number of carbonyl (C=O) groups is 2. The highest BCUT2D eigenvalue weighted by molar-refractivity contribution is 5.88. The minimum atomic E-state index is -0.727. The highest BCUT2D eigenvalue weighted by Crippen LogP contribution is 2.41. The molecular formula is C24H33FN2O4. The molecule has 2 amide bonds. The number of carbonyl (C=O) groups excluding carboxylic acids is 2. The molecule has 0 unspecified atom stereocenters. The average Bonchev–Trinajstić information content (AvgIpc) is 2.79. The second-order valence-corrected chi connectivity index (χ2v) is 9.31. The van der Waals surface area contributed by atoms with Crippen LogP contribution in [-0.4, -0.2) is 73.2 Å². The third-order valence-corrected chi connectivity index (χ3v) is 7.61. The number of rotatable bonds is 3. The minimum absolute atomic E-state index is 0.0736. The Kier molecular flexibility index (Phi) is 6.35. The molecular weight excluding hydrogens is 399 g/mol. The van der Waals surface area contributed by atoms with E-state index < -0.39 is 5.41 Å². The molecule has 1 atom stereocenters. The summed E-state index contributed by atoms with van der Waals surface area (Å²) in [5.41, 5.74) is -0.251. The van der Waals surface area contributed by atoms with Gasteiger partial charge in [-0.1, -0.05) is 12.1 Å². The molecule has 0 saturated carbocycles. The molecule has 0 aliphatic carbocycles. The number of hydrogen-bond donors (Lipinski definition) is 0. The zero-order valence-corrected chi connectivity index (χ0v) is 18.6. The highest BCUT2D eigenvalue weighted by atomic mass is 19.1. The van der Waals surface area contributed by atoms with Gasteiger partial charge in [-0.25, -0.2) is 4.39 Å². The molecule has 170 valence electrons. The lowest BCUT2D eigenvalue weighted by Crippen LogP contribution is -2.57. The first-order valence-corrected chi connectivity index (χ1v) is 11.4. The third-order valence-electron chi connectivity index (χ3n) is 7.61. The lowest BCUT2D eigenvalue weighted by atomic mass is 9.72. The van der Waals surface area contributed by atoms with Gasteiger partial charge < -0.3 is 19.3 Å². The number of amides is 2. The van der Waals surface area contributed by atoms with Crippen LogP contribution in [0.2, 0.25) is 0 Å². The van der Waals surface area contributed by atoms with Crippen LogP contribution in [0.15, 0.2) is 24.3 Å². The molecule has 7 heteroatoms. The van der Waals surface area contributed by atoms with Gasteiger partial charge in [0.1, 0.15) is 5.82 Å². The molecule has 3 saturated heterocycles. The van der Waals surface area contributed by atoms with Gasteiger partial charge in [0.15, 0.2) is 0 Å². The summed E-state index contributed by atoms with van der Waals surface area (Å²) < 4.78 is 25.8. The molecule has 0 aromatic heterocycles. The van der Waals surface area contributed by atoms with Crippen LogP contribution in [0.25, 0.3) is 0 Å². The summed E-state index contributed by atoms with van der Waals surface area (Å²) in [5.74, 6) is -0.166. The zero-order chi connectivity index (χ0) is 22.1. The zero-order valence-electron chi connectivity index (χ0n) is 18.6. The topological polar surface area (TPSA) is 59.1 Å². The predicted octanol–water partition coefficient (Wildman–Crippen LogP) is 2.89. The van der Waals surface area contributed by atoms with Gasteiger partial charge in [0.25, 0.3) is 0 Å². The SMILES string of the molecule is CC(=O)N(C)[C@H]1CCOC2(CCN(C(=O)C3(c4cccc(F)c4)CCOCC3)CC2)C1. The van der Waals surface area contributed by atoms with Gasteiger partial charge in [0.2, 0.25) is 11.8 Å². The van der Waals surface area contributed by atoms with Crippen molar-refractivity contribution in [2.45, 2.75) is 62.5 Å². The van der Waals surface area contributed by atoms with E-state index in [1.165, 1.54) is 12.1 Å². The Hall–Kier alpha value is -1.99. The summed E-state index contributed by atoms with van der Waals surface area (Å²) in [5, 5.41) is 0. The highest BCUT2D eigenvalue weighted by Gasteiger charge is 2.48. The van der Waals surface area contributed by atoms with Crippen LogP contribution in [0.4, 0.5) is 4.39 Å². The second-order valence-electron chi connectivity index (χ2n) is 9.31. The largest absolute Gasteiger partial charge is 0.381 e. The Morgan fingerprint density at radius 2 is 1.84 bits per heavy atom. The third kappa shape index (κ3) is 4.35. The number of piperidine rings is 1. The molecule has 0 N–H and O–H groups in total. The minimum Gasteiger partial charge on any atom is -0.381 e. The van der Waals surface area contributed by atoms with Crippen molar-refractivity contribution < 1.29 is 23.5 Å². The van der Waals surface area contributed by atoms with Crippen molar-refractivity contribution >= 4 is 11.8 Å². The average molecular weight is 433 g/mol. The number of hydrogen-bond acceptors (Lipinski definition) is 4. The number of benzene rings is 1. The van der Waals surface area contributed by atoms with E-state index in [2.05, 4.69) is 0 Å². The molecule has 3 fully saturated rings. The van der Waals surface area contributed by atoms with Gasteiger partial charge in [-0.2, -0.15) is 0 Å². The van der Waals surface area contributed by atoms with Crippen LogP contribution >= 0.6 is 0 Å². The molecule has 3 heterocycles. The molecule has 31 heavy (non-hydrogen) atoms. The fraction of sp³-hybridized carbons (Fsp3) is 0.667. The lowest BCUT2D eigenvalue weighted by Gasteiger charge is -2.49. The van der Waals surface area contributed by atoms with E-state index in [4.69, 9.17) is 9.47 Å². The molecule has 3 aliphatic rings. The van der Waals surface area contributed by atoms with Crippen LogP contribution in [0.1, 0.15) is 51.0 Å². The van der Waals surface area contributed by atoms with E-state index in [0.717, 1.165) is 31.2 Å². The molecule has 6 nitrogen and oxygen atoms in total. The van der Waals surface area contributed by atoms with Crippen LogP contribution in [-0.2, 0) is 24.5 Å². The number of ether oxygens (including phenoxy) is 2. The summed E-state index contributed by atoms with van der Waals surface area (Å²) in [6.45, 7) is 4.48. The molecule has 4 rings (SSSR count). The van der Waals surface area contributed by atoms with Crippen LogP contribution < -0.4 is 0 Å². The number of likely N-dealkylation sites (tertiary alicyclic amines) is 1. The lowest BCUT2D eigenvalue weighted by molar-refractivity contribution is -0.157. The van der Waals surface area contributed by atoms with Gasteiger partial charge in [-0.05, 0) is 56.2 Å². The van der Waals surface area contributed by atoms with E-state index in [-0.39, 0.29) is 29.3 Å². The first-order valence-electron chi connectivity index (χ1n) is 11.4. The van der Waals surface area contributed by atoms with Crippen LogP contribution in [0.5, 0.6) is 0 Å². The van der Waals surface area contributed by atoms with Crippen molar-refractivity contribution in [1.82, 2.24) is 9.80 Å². The Morgan fingerprint density at radius 3 is 2.48 bits per heavy atom. The standard InChI is InChI=1S/C24H33FN2O4/c1-18(28)26(2)21-6-13-31-23(17-21)7-11-27(12-8-23)22(29)24(9-14-30-15-10-24)19-4-3-5-20(25)16-19/h3-5,16,21H,6-15,17H2,1-2H3/t21-/m0/s1. The van der Waals surface area contributed by atoms with Crippen molar-refractivity contribution in [2.75, 3.05) is 40.0 Å². The van der Waals surface area contributed by atoms with Gasteiger partial charge >= 0.3 is 0 Å². The summed E-state index contributed by atoms with van der Waals surface area (Å²) in [4.78, 5) is 29.4. The maximum atomic E-state index is 14.0. The number of halogens is 1. The monoisotopic (exact) mass is 432 g/mol. The molecule has 0 bridgehead atoms. The van der Waals surface area contributed by atoms with Crippen LogP contribution in [0, 0.1) is 5.82 Å². The maximum absolute atomic E-state index is 14.0. The van der Waals surface area contributed by atoms with Crippen molar-refractivity contribution in [3.63, 3.8) is 0 Å². The van der Waals surface area contributed by atoms with Crippen molar-refractivity contribution in [3.05, 3.63) is 35.6 Å². The van der Waals surface area contributed by atoms with E-state index in [9.17, 15) is 14.0 Å². The smallest absolute Gasteiger partial charge is 0.233 e. The molecule has 0 radical (unpaired) electrons. The summed E-state index contributed by atoms with van der Waals surface area (Å²) in [7, 11) is 1.86. The quantitative estimate of drug-likeness (QED) is 0.737. The van der Waals surface area contributed by atoms with Gasteiger partial charge in [0.05, 0.1) is 11.0 Å². The van der Waals surface area contributed by atoms with Gasteiger partial charge in [-0.15, -0.1) is 0 Å². The summed E-state index contributed by atoms with van der Waals surface area (Å²) in [6.07, 6.45) is 4.32. The van der Waals surface area contributed by atoms with E-state index in [0.29, 0.717) is 45.8 Å². The molecule has 1 spiro atoms.